The minimum Gasteiger partial charge on any atom is -0.394 e. The van der Waals surface area contributed by atoms with Crippen molar-refractivity contribution < 1.29 is 59.9 Å². The molecule has 0 aromatic rings. The number of unbranched alkanes of at least 4 members (excludes halogenated alkanes) is 11. The monoisotopic (exact) mass is 621 g/mol. The Morgan fingerprint density at radius 3 is 1.93 bits per heavy atom. The van der Waals surface area contributed by atoms with Crippen molar-refractivity contribution in [3.05, 3.63) is 12.2 Å². The summed E-state index contributed by atoms with van der Waals surface area (Å²) in [5.74, 6) is -1.93. The number of amides is 2. The second-order valence-electron chi connectivity index (χ2n) is 11.2. The summed E-state index contributed by atoms with van der Waals surface area (Å²) in [6.45, 7) is 0.445. The lowest BCUT2D eigenvalue weighted by molar-refractivity contribution is -0.326. The first-order valence-electron chi connectivity index (χ1n) is 15.7. The van der Waals surface area contributed by atoms with Gasteiger partial charge in [-0.25, -0.2) is 0 Å². The second kappa shape index (κ2) is 22.9. The van der Waals surface area contributed by atoms with E-state index in [2.05, 4.69) is 19.1 Å². The van der Waals surface area contributed by atoms with Crippen LogP contribution in [0.2, 0.25) is 0 Å². The summed E-state index contributed by atoms with van der Waals surface area (Å²) in [4.78, 5) is 24.6. The fourth-order valence-corrected chi connectivity index (χ4v) is 4.80. The van der Waals surface area contributed by atoms with Gasteiger partial charge in [-0.3, -0.25) is 14.9 Å². The van der Waals surface area contributed by atoms with Crippen LogP contribution in [-0.2, 0) is 19.1 Å². The highest BCUT2D eigenvalue weighted by molar-refractivity contribution is 5.97. The van der Waals surface area contributed by atoms with E-state index in [9.17, 15) is 50.4 Å². The lowest BCUT2D eigenvalue weighted by atomic mass is 9.98. The Balaban J connectivity index is 2.37. The number of imide groups is 1. The molecule has 1 aliphatic rings. The van der Waals surface area contributed by atoms with Crippen LogP contribution < -0.4 is 5.32 Å². The number of rotatable bonds is 23. The van der Waals surface area contributed by atoms with Gasteiger partial charge >= 0.3 is 0 Å². The predicted molar refractivity (Wildman–Crippen MR) is 156 cm³/mol. The molecule has 1 rings (SSSR count). The quantitative estimate of drug-likeness (QED) is 0.0540. The topological polar surface area (TPSA) is 226 Å². The molecule has 0 aromatic carbocycles. The molecule has 0 bridgehead atoms. The van der Waals surface area contributed by atoms with Crippen molar-refractivity contribution in [2.45, 2.75) is 152 Å². The average Bonchev–Trinajstić information content (AvgIpc) is 3.00. The van der Waals surface area contributed by atoms with Gasteiger partial charge in [0.05, 0.1) is 13.2 Å². The molecule has 0 spiro atoms. The van der Waals surface area contributed by atoms with Crippen LogP contribution in [0.25, 0.3) is 0 Å². The number of ether oxygens (including phenoxy) is 2. The van der Waals surface area contributed by atoms with Crippen molar-refractivity contribution in [3.8, 4) is 0 Å². The van der Waals surface area contributed by atoms with Crippen LogP contribution in [-0.4, -0.2) is 121 Å². The van der Waals surface area contributed by atoms with Crippen LogP contribution in [0.1, 0.15) is 96.8 Å². The van der Waals surface area contributed by atoms with E-state index in [0.29, 0.717) is 6.42 Å². The predicted octanol–water partition coefficient (Wildman–Crippen LogP) is -0.0732. The molecule has 9 N–H and O–H groups in total. The average molecular weight is 622 g/mol. The van der Waals surface area contributed by atoms with Crippen molar-refractivity contribution in [2.75, 3.05) is 13.2 Å². The third-order valence-electron chi connectivity index (χ3n) is 7.56. The van der Waals surface area contributed by atoms with Crippen molar-refractivity contribution >= 4 is 11.8 Å². The number of aliphatic hydroxyl groups excluding tert-OH is 8. The molecular weight excluding hydrogens is 566 g/mol. The van der Waals surface area contributed by atoms with Gasteiger partial charge in [-0.05, 0) is 32.1 Å². The first kappa shape index (κ1) is 39.5. The van der Waals surface area contributed by atoms with E-state index in [4.69, 9.17) is 9.47 Å². The zero-order valence-corrected chi connectivity index (χ0v) is 25.4. The van der Waals surface area contributed by atoms with Gasteiger partial charge in [0.1, 0.15) is 42.7 Å². The first-order valence-corrected chi connectivity index (χ1v) is 15.7. The van der Waals surface area contributed by atoms with Crippen LogP contribution in [0, 0.1) is 0 Å². The highest BCUT2D eigenvalue weighted by Crippen LogP contribution is 2.25. The molecule has 1 aliphatic heterocycles. The highest BCUT2D eigenvalue weighted by atomic mass is 16.7. The molecule has 9 atom stereocenters. The molecule has 0 saturated carbocycles. The maximum absolute atomic E-state index is 12.4. The number of hydrogen-bond acceptors (Lipinski definition) is 12. The lowest BCUT2D eigenvalue weighted by Crippen LogP contribution is -2.62. The summed E-state index contributed by atoms with van der Waals surface area (Å²) >= 11 is 0. The number of hydrogen-bond donors (Lipinski definition) is 9. The van der Waals surface area contributed by atoms with E-state index < -0.39 is 80.1 Å². The highest BCUT2D eigenvalue weighted by Gasteiger charge is 2.47. The second-order valence-corrected chi connectivity index (χ2v) is 11.2. The molecule has 1 saturated heterocycles. The molecule has 13 nitrogen and oxygen atoms in total. The summed E-state index contributed by atoms with van der Waals surface area (Å²) in [6.07, 6.45) is 1.79. The SMILES string of the molecule is CCCCCCCC/C=C\CCCCCCCC(=O)NC(=O)[C@H](O)[C@@H](O)[C@H](O[C@@H]1O[C@H](CO)[C@H](O)[C@H](O)[C@H]1O)[C@H](O)CO. The minimum atomic E-state index is -2.28. The molecule has 0 radical (unpaired) electrons. The Hall–Kier alpha value is -1.52. The summed E-state index contributed by atoms with van der Waals surface area (Å²) in [6, 6.07) is 0. The van der Waals surface area contributed by atoms with E-state index in [-0.39, 0.29) is 6.42 Å². The van der Waals surface area contributed by atoms with E-state index >= 15 is 0 Å². The standard InChI is InChI=1S/C30H55NO12/c1-2-3-4-5-6-7-8-9-10-11-12-13-14-15-16-17-22(35)31-29(41)26(39)25(38)28(20(34)18-32)43-30-27(40)24(37)23(36)21(19-33)42-30/h9-10,20-21,23-28,30,32-34,36-40H,2-8,11-19H2,1H3,(H,31,35,41)/b10-9-/t20-,21-,23+,24+,25-,26-,27-,28-,30+/m1/s1. The first-order chi connectivity index (χ1) is 20.6. The van der Waals surface area contributed by atoms with Crippen LogP contribution in [0.4, 0.5) is 0 Å². The van der Waals surface area contributed by atoms with E-state index in [1.165, 1.54) is 38.5 Å². The fourth-order valence-electron chi connectivity index (χ4n) is 4.80. The molecule has 13 heteroatoms. The molecule has 1 fully saturated rings. The van der Waals surface area contributed by atoms with Gasteiger partial charge in [0.2, 0.25) is 5.91 Å². The van der Waals surface area contributed by atoms with E-state index in [1.807, 2.05) is 5.32 Å². The van der Waals surface area contributed by atoms with Crippen molar-refractivity contribution in [3.63, 3.8) is 0 Å². The van der Waals surface area contributed by atoms with Crippen LogP contribution >= 0.6 is 0 Å². The Labute approximate surface area is 254 Å². The zero-order valence-electron chi connectivity index (χ0n) is 25.4. The molecule has 1 heterocycles. The van der Waals surface area contributed by atoms with E-state index in [1.54, 1.807) is 0 Å². The molecule has 0 aliphatic carbocycles. The smallest absolute Gasteiger partial charge is 0.258 e. The number of carbonyl (C=O) groups excluding carboxylic acids is 2. The largest absolute Gasteiger partial charge is 0.394 e. The third kappa shape index (κ3) is 14.9. The van der Waals surface area contributed by atoms with Crippen molar-refractivity contribution in [1.82, 2.24) is 5.32 Å². The molecule has 2 amide bonds. The summed E-state index contributed by atoms with van der Waals surface area (Å²) < 4.78 is 10.4. The molecule has 0 aromatic heterocycles. The van der Waals surface area contributed by atoms with Gasteiger partial charge < -0.3 is 50.3 Å². The maximum atomic E-state index is 12.4. The Morgan fingerprint density at radius 2 is 1.37 bits per heavy atom. The Bertz CT molecular complexity index is 782. The van der Waals surface area contributed by atoms with Crippen LogP contribution in [0.5, 0.6) is 0 Å². The van der Waals surface area contributed by atoms with Gasteiger partial charge in [0.25, 0.3) is 5.91 Å². The number of allylic oxidation sites excluding steroid dienone is 2. The summed E-state index contributed by atoms with van der Waals surface area (Å²) in [5, 5.41) is 81.5. The van der Waals surface area contributed by atoms with Crippen LogP contribution in [0.15, 0.2) is 12.2 Å². The minimum absolute atomic E-state index is 0.0246. The van der Waals surface area contributed by atoms with Gasteiger partial charge in [-0.2, -0.15) is 0 Å². The molecule has 252 valence electrons. The van der Waals surface area contributed by atoms with Gasteiger partial charge in [0, 0.05) is 6.42 Å². The van der Waals surface area contributed by atoms with Crippen molar-refractivity contribution in [2.24, 2.45) is 0 Å². The fraction of sp³-hybridized carbons (Fsp3) is 0.867. The summed E-state index contributed by atoms with van der Waals surface area (Å²) in [5.41, 5.74) is 0. The normalized spacial score (nSPS) is 25.4. The summed E-state index contributed by atoms with van der Waals surface area (Å²) in [7, 11) is 0. The van der Waals surface area contributed by atoms with Gasteiger partial charge in [-0.15, -0.1) is 0 Å². The number of nitrogens with one attached hydrogen (secondary N) is 1. The number of aliphatic hydroxyl groups is 8. The van der Waals surface area contributed by atoms with E-state index in [0.717, 1.165) is 38.5 Å². The van der Waals surface area contributed by atoms with Crippen LogP contribution in [0.3, 0.4) is 0 Å². The lowest BCUT2D eigenvalue weighted by Gasteiger charge is -2.42. The maximum Gasteiger partial charge on any atom is 0.258 e. The molecular formula is C30H55NO12. The molecule has 43 heavy (non-hydrogen) atoms. The van der Waals surface area contributed by atoms with Gasteiger partial charge in [-0.1, -0.05) is 70.4 Å². The zero-order chi connectivity index (χ0) is 32.2. The third-order valence-corrected chi connectivity index (χ3v) is 7.56. The number of carbonyl (C=O) groups is 2. The Morgan fingerprint density at radius 1 is 0.814 bits per heavy atom. The molecule has 0 unspecified atom stereocenters. The van der Waals surface area contributed by atoms with Gasteiger partial charge in [0.15, 0.2) is 12.4 Å². The van der Waals surface area contributed by atoms with Crippen molar-refractivity contribution in [1.29, 1.82) is 0 Å². The Kier molecular flexibility index (Phi) is 21.0.